The van der Waals surface area contributed by atoms with E-state index in [1.165, 1.54) is 0 Å². The zero-order valence-electron chi connectivity index (χ0n) is 17.4. The second-order valence-corrected chi connectivity index (χ2v) is 7.62. The maximum Gasteiger partial charge on any atom is 0.243 e. The molecule has 0 heterocycles. The lowest BCUT2D eigenvalue weighted by atomic mass is 10.0. The fourth-order valence-corrected chi connectivity index (χ4v) is 3.42. The Kier molecular flexibility index (Phi) is 9.72. The molecule has 5 heteroatoms. The molecular formula is C24H31ClN2O2. The molecule has 2 rings (SSSR count). The summed E-state index contributed by atoms with van der Waals surface area (Å²) in [5.74, 6) is -0.141. The van der Waals surface area contributed by atoms with Crippen molar-refractivity contribution in [3.63, 3.8) is 0 Å². The van der Waals surface area contributed by atoms with Gasteiger partial charge in [0.1, 0.15) is 6.04 Å². The van der Waals surface area contributed by atoms with Gasteiger partial charge in [0.15, 0.2) is 0 Å². The van der Waals surface area contributed by atoms with Crippen molar-refractivity contribution in [2.24, 2.45) is 0 Å². The molecule has 0 unspecified atom stereocenters. The highest BCUT2D eigenvalue weighted by Gasteiger charge is 2.30. The highest BCUT2D eigenvalue weighted by Crippen LogP contribution is 2.21. The fourth-order valence-electron chi connectivity index (χ4n) is 3.23. The predicted molar refractivity (Wildman–Crippen MR) is 119 cm³/mol. The van der Waals surface area contributed by atoms with E-state index in [9.17, 15) is 9.59 Å². The van der Waals surface area contributed by atoms with Gasteiger partial charge < -0.3 is 10.2 Å². The van der Waals surface area contributed by atoms with Gasteiger partial charge in [-0.2, -0.15) is 0 Å². The zero-order valence-corrected chi connectivity index (χ0v) is 18.1. The first-order valence-corrected chi connectivity index (χ1v) is 10.8. The third-order valence-corrected chi connectivity index (χ3v) is 5.23. The topological polar surface area (TPSA) is 49.4 Å². The van der Waals surface area contributed by atoms with Crippen molar-refractivity contribution in [1.29, 1.82) is 0 Å². The molecule has 1 atom stereocenters. The second-order valence-electron chi connectivity index (χ2n) is 7.21. The number of halogens is 1. The number of amides is 2. The van der Waals surface area contributed by atoms with Crippen molar-refractivity contribution in [2.75, 3.05) is 6.54 Å². The Morgan fingerprint density at radius 1 is 1.00 bits per heavy atom. The molecule has 29 heavy (non-hydrogen) atoms. The molecule has 0 spiro atoms. The molecule has 2 aromatic carbocycles. The molecular weight excluding hydrogens is 384 g/mol. The number of nitrogens with zero attached hydrogens (tertiary/aromatic N) is 1. The number of carbonyl (C=O) groups excluding carboxylic acids is 2. The molecule has 0 aliphatic rings. The van der Waals surface area contributed by atoms with Crippen LogP contribution >= 0.6 is 11.6 Å². The molecule has 0 radical (unpaired) electrons. The van der Waals surface area contributed by atoms with E-state index in [1.54, 1.807) is 4.90 Å². The number of rotatable bonds is 11. The van der Waals surface area contributed by atoms with E-state index >= 15 is 0 Å². The van der Waals surface area contributed by atoms with Gasteiger partial charge in [0.2, 0.25) is 11.8 Å². The molecule has 2 aromatic rings. The van der Waals surface area contributed by atoms with Crippen molar-refractivity contribution in [3.8, 4) is 0 Å². The van der Waals surface area contributed by atoms with Gasteiger partial charge in [0.25, 0.3) is 0 Å². The van der Waals surface area contributed by atoms with E-state index in [-0.39, 0.29) is 11.8 Å². The van der Waals surface area contributed by atoms with Crippen LogP contribution in [0.1, 0.15) is 50.7 Å². The first-order valence-electron chi connectivity index (χ1n) is 10.4. The van der Waals surface area contributed by atoms with E-state index in [0.717, 1.165) is 30.4 Å². The quantitative estimate of drug-likeness (QED) is 0.526. The predicted octanol–water partition coefficient (Wildman–Crippen LogP) is 5.00. The molecule has 0 aliphatic carbocycles. The third-order valence-electron chi connectivity index (χ3n) is 4.86. The molecule has 4 nitrogen and oxygen atoms in total. The fraction of sp³-hybridized carbons (Fsp3) is 0.417. The first-order chi connectivity index (χ1) is 14.1. The van der Waals surface area contributed by atoms with Gasteiger partial charge in [0.05, 0.1) is 0 Å². The van der Waals surface area contributed by atoms with Gasteiger partial charge in [-0.25, -0.2) is 0 Å². The van der Waals surface area contributed by atoms with E-state index in [2.05, 4.69) is 12.2 Å². The summed E-state index contributed by atoms with van der Waals surface area (Å²) in [5, 5.41) is 3.62. The van der Waals surface area contributed by atoms with Crippen LogP contribution in [0.25, 0.3) is 0 Å². The Bertz CT molecular complexity index is 779. The van der Waals surface area contributed by atoms with Gasteiger partial charge in [-0.1, -0.05) is 80.4 Å². The number of hydrogen-bond donors (Lipinski definition) is 1. The van der Waals surface area contributed by atoms with Crippen LogP contribution in [0.2, 0.25) is 5.02 Å². The zero-order chi connectivity index (χ0) is 21.1. The van der Waals surface area contributed by atoms with Crippen LogP contribution in [0.3, 0.4) is 0 Å². The van der Waals surface area contributed by atoms with Crippen LogP contribution < -0.4 is 5.32 Å². The average molecular weight is 415 g/mol. The summed E-state index contributed by atoms with van der Waals surface area (Å²) < 4.78 is 0. The molecule has 1 N–H and O–H groups in total. The van der Waals surface area contributed by atoms with Crippen molar-refractivity contribution < 1.29 is 9.59 Å². The highest BCUT2D eigenvalue weighted by atomic mass is 35.5. The molecule has 0 fully saturated rings. The molecule has 0 aliphatic heterocycles. The number of nitrogens with one attached hydrogen (secondary N) is 1. The van der Waals surface area contributed by atoms with Crippen LogP contribution in [0.15, 0.2) is 54.6 Å². The van der Waals surface area contributed by atoms with E-state index in [0.29, 0.717) is 31.0 Å². The Hall–Kier alpha value is -2.33. The minimum absolute atomic E-state index is 0.0287. The molecule has 0 saturated heterocycles. The molecule has 0 bridgehead atoms. The monoisotopic (exact) mass is 414 g/mol. The minimum atomic E-state index is -0.579. The smallest absolute Gasteiger partial charge is 0.243 e. The highest BCUT2D eigenvalue weighted by molar-refractivity contribution is 6.31. The van der Waals surface area contributed by atoms with E-state index < -0.39 is 6.04 Å². The second kappa shape index (κ2) is 12.3. The Labute approximate surface area is 179 Å². The van der Waals surface area contributed by atoms with Crippen LogP contribution in [-0.4, -0.2) is 29.3 Å². The third kappa shape index (κ3) is 7.21. The SMILES string of the molecule is CCCCNC(=O)[C@H](Cc1ccccc1)N(Cc1ccccc1Cl)C(=O)CCC. The molecule has 0 saturated carbocycles. The van der Waals surface area contributed by atoms with Crippen LogP contribution in [0.5, 0.6) is 0 Å². The molecule has 0 aromatic heterocycles. The summed E-state index contributed by atoms with van der Waals surface area (Å²) in [4.78, 5) is 27.8. The van der Waals surface area contributed by atoms with Crippen molar-refractivity contribution in [1.82, 2.24) is 10.2 Å². The van der Waals surface area contributed by atoms with Crippen LogP contribution in [0.4, 0.5) is 0 Å². The summed E-state index contributed by atoms with van der Waals surface area (Å²) in [5.41, 5.74) is 1.87. The number of hydrogen-bond acceptors (Lipinski definition) is 2. The summed E-state index contributed by atoms with van der Waals surface area (Å²) in [6.45, 7) is 4.99. The Morgan fingerprint density at radius 3 is 2.34 bits per heavy atom. The maximum absolute atomic E-state index is 13.1. The summed E-state index contributed by atoms with van der Waals surface area (Å²) >= 11 is 6.36. The summed E-state index contributed by atoms with van der Waals surface area (Å²) in [7, 11) is 0. The lowest BCUT2D eigenvalue weighted by molar-refractivity contribution is -0.141. The van der Waals surface area contributed by atoms with Gasteiger partial charge >= 0.3 is 0 Å². The van der Waals surface area contributed by atoms with Crippen molar-refractivity contribution in [3.05, 3.63) is 70.7 Å². The number of unbranched alkanes of at least 4 members (excludes halogenated alkanes) is 1. The Morgan fingerprint density at radius 2 is 1.69 bits per heavy atom. The lowest BCUT2D eigenvalue weighted by Crippen LogP contribution is -2.50. The van der Waals surface area contributed by atoms with E-state index in [4.69, 9.17) is 11.6 Å². The van der Waals surface area contributed by atoms with Crippen LogP contribution in [0, 0.1) is 0 Å². The lowest BCUT2D eigenvalue weighted by Gasteiger charge is -2.32. The minimum Gasteiger partial charge on any atom is -0.354 e. The first kappa shape index (κ1) is 23.0. The van der Waals surface area contributed by atoms with Gasteiger partial charge in [-0.05, 0) is 30.0 Å². The van der Waals surface area contributed by atoms with Crippen LogP contribution in [-0.2, 0) is 22.6 Å². The van der Waals surface area contributed by atoms with Gasteiger partial charge in [-0.15, -0.1) is 0 Å². The van der Waals surface area contributed by atoms with Crippen molar-refractivity contribution >= 4 is 23.4 Å². The van der Waals surface area contributed by atoms with Crippen molar-refractivity contribution in [2.45, 2.75) is 58.5 Å². The summed E-state index contributed by atoms with van der Waals surface area (Å²) in [6.07, 6.45) is 3.52. The maximum atomic E-state index is 13.1. The van der Waals surface area contributed by atoms with Gasteiger partial charge in [0, 0.05) is 31.0 Å². The number of benzene rings is 2. The largest absolute Gasteiger partial charge is 0.354 e. The average Bonchev–Trinajstić information content (AvgIpc) is 2.73. The molecule has 156 valence electrons. The van der Waals surface area contributed by atoms with E-state index in [1.807, 2.05) is 61.5 Å². The summed E-state index contributed by atoms with van der Waals surface area (Å²) in [6, 6.07) is 16.7. The standard InChI is InChI=1S/C24H31ClN2O2/c1-3-5-16-26-24(29)22(17-19-12-7-6-8-13-19)27(23(28)11-4-2)18-20-14-9-10-15-21(20)25/h6-10,12-15,22H,3-5,11,16-18H2,1-2H3,(H,26,29)/t22-/m0/s1. The molecule has 2 amide bonds. The normalized spacial score (nSPS) is 11.7. The number of carbonyl (C=O) groups is 2. The Balaban J connectivity index is 2.33. The van der Waals surface area contributed by atoms with Gasteiger partial charge in [-0.3, -0.25) is 9.59 Å².